The highest BCUT2D eigenvalue weighted by atomic mass is 15.0. The van der Waals surface area contributed by atoms with Gasteiger partial charge in [0.2, 0.25) is 0 Å². The lowest BCUT2D eigenvalue weighted by molar-refractivity contribution is 0.262. The highest BCUT2D eigenvalue weighted by molar-refractivity contribution is 5.48. The van der Waals surface area contributed by atoms with Gasteiger partial charge in [0.05, 0.1) is 11.4 Å². The van der Waals surface area contributed by atoms with Crippen molar-refractivity contribution in [3.05, 3.63) is 23.5 Å². The van der Waals surface area contributed by atoms with Gasteiger partial charge in [-0.15, -0.1) is 0 Å². The summed E-state index contributed by atoms with van der Waals surface area (Å²) in [7, 11) is 0. The number of nitrogens with one attached hydrogen (secondary N) is 2. The van der Waals surface area contributed by atoms with Crippen LogP contribution >= 0.6 is 0 Å². The fourth-order valence-corrected chi connectivity index (χ4v) is 3.94. The molecule has 1 aromatic rings. The zero-order valence-corrected chi connectivity index (χ0v) is 12.8. The summed E-state index contributed by atoms with van der Waals surface area (Å²) in [6.07, 6.45) is 8.13. The molecule has 1 aliphatic heterocycles. The lowest BCUT2D eigenvalue weighted by atomic mass is 9.79. The van der Waals surface area contributed by atoms with E-state index in [4.69, 9.17) is 0 Å². The molecule has 20 heavy (non-hydrogen) atoms. The molecule has 0 spiro atoms. The first kappa shape index (κ1) is 13.9. The number of aromatic nitrogens is 1. The maximum atomic E-state index is 4.58. The van der Waals surface area contributed by atoms with Crippen molar-refractivity contribution < 1.29 is 0 Å². The Morgan fingerprint density at radius 3 is 2.70 bits per heavy atom. The van der Waals surface area contributed by atoms with Crippen LogP contribution in [0.1, 0.15) is 49.9 Å². The van der Waals surface area contributed by atoms with E-state index in [1.54, 1.807) is 0 Å². The second-order valence-corrected chi connectivity index (χ2v) is 6.49. The molecule has 0 aromatic carbocycles. The molecule has 110 valence electrons. The zero-order valence-electron chi connectivity index (χ0n) is 12.8. The van der Waals surface area contributed by atoms with Crippen molar-refractivity contribution in [2.45, 2.75) is 64.5 Å². The van der Waals surface area contributed by atoms with E-state index in [0.29, 0.717) is 6.04 Å². The number of hydrogen-bond donors (Lipinski definition) is 2. The summed E-state index contributed by atoms with van der Waals surface area (Å²) in [5, 5.41) is 7.51. The molecule has 3 atom stereocenters. The fraction of sp³-hybridized carbons (Fsp3) is 0.706. The molecule has 2 aliphatic rings. The normalized spacial score (nSPS) is 30.4. The van der Waals surface area contributed by atoms with Gasteiger partial charge in [0.1, 0.15) is 0 Å². The Morgan fingerprint density at radius 1 is 1.10 bits per heavy atom. The number of nitrogens with zero attached hydrogens (tertiary/aromatic N) is 1. The topological polar surface area (TPSA) is 37.0 Å². The summed E-state index contributed by atoms with van der Waals surface area (Å²) in [6, 6.07) is 5.65. The van der Waals surface area contributed by atoms with Gasteiger partial charge in [-0.05, 0) is 64.1 Å². The lowest BCUT2D eigenvalue weighted by Crippen LogP contribution is -2.43. The monoisotopic (exact) mass is 273 g/mol. The minimum Gasteiger partial charge on any atom is -0.381 e. The van der Waals surface area contributed by atoms with Crippen molar-refractivity contribution in [3.63, 3.8) is 0 Å². The van der Waals surface area contributed by atoms with Gasteiger partial charge < -0.3 is 10.6 Å². The van der Waals surface area contributed by atoms with Gasteiger partial charge in [0.15, 0.2) is 0 Å². The van der Waals surface area contributed by atoms with Gasteiger partial charge in [-0.2, -0.15) is 0 Å². The zero-order chi connectivity index (χ0) is 13.9. The summed E-state index contributed by atoms with van der Waals surface area (Å²) in [5.74, 6) is 0.784. The Kier molecular flexibility index (Phi) is 4.25. The number of hydrogen-bond acceptors (Lipinski definition) is 3. The SMILES string of the molecule is Cc1ccc(NC2CCCCC2C2CCCN2)c(C)n1. The molecule has 1 aliphatic carbocycles. The molecule has 1 saturated heterocycles. The third-order valence-corrected chi connectivity index (χ3v) is 5.00. The predicted molar refractivity (Wildman–Crippen MR) is 84.1 cm³/mol. The molecule has 0 amide bonds. The van der Waals surface area contributed by atoms with Crippen LogP contribution in [0.3, 0.4) is 0 Å². The summed E-state index contributed by atoms with van der Waals surface area (Å²) in [5.41, 5.74) is 3.46. The van der Waals surface area contributed by atoms with E-state index in [0.717, 1.165) is 23.3 Å². The first-order valence-electron chi connectivity index (χ1n) is 8.18. The predicted octanol–water partition coefficient (Wildman–Crippen LogP) is 3.42. The van der Waals surface area contributed by atoms with Crippen LogP contribution in [0.25, 0.3) is 0 Å². The molecule has 3 unspecified atom stereocenters. The van der Waals surface area contributed by atoms with Crippen molar-refractivity contribution in [2.24, 2.45) is 5.92 Å². The van der Waals surface area contributed by atoms with Gasteiger partial charge in [-0.25, -0.2) is 0 Å². The molecule has 0 bridgehead atoms. The van der Waals surface area contributed by atoms with Crippen LogP contribution in [0.2, 0.25) is 0 Å². The summed E-state index contributed by atoms with van der Waals surface area (Å²) >= 11 is 0. The molecule has 2 heterocycles. The molecule has 3 heteroatoms. The van der Waals surface area contributed by atoms with E-state index < -0.39 is 0 Å². The first-order chi connectivity index (χ1) is 9.74. The largest absolute Gasteiger partial charge is 0.381 e. The van der Waals surface area contributed by atoms with Crippen molar-refractivity contribution in [1.82, 2.24) is 10.3 Å². The Morgan fingerprint density at radius 2 is 1.95 bits per heavy atom. The first-order valence-corrected chi connectivity index (χ1v) is 8.18. The maximum absolute atomic E-state index is 4.58. The summed E-state index contributed by atoms with van der Waals surface area (Å²) in [6.45, 7) is 5.38. The average Bonchev–Trinajstić information content (AvgIpc) is 2.96. The molecule has 0 radical (unpaired) electrons. The third kappa shape index (κ3) is 2.98. The molecule has 1 aromatic heterocycles. The Bertz CT molecular complexity index is 452. The number of rotatable bonds is 3. The van der Waals surface area contributed by atoms with Crippen molar-refractivity contribution in [2.75, 3.05) is 11.9 Å². The second kappa shape index (κ2) is 6.13. The number of aryl methyl sites for hydroxylation is 2. The summed E-state index contributed by atoms with van der Waals surface area (Å²) in [4.78, 5) is 4.58. The van der Waals surface area contributed by atoms with Crippen molar-refractivity contribution in [1.29, 1.82) is 0 Å². The van der Waals surface area contributed by atoms with E-state index >= 15 is 0 Å². The Labute approximate surface area is 122 Å². The van der Waals surface area contributed by atoms with Crippen LogP contribution in [0, 0.1) is 19.8 Å². The Balaban J connectivity index is 1.72. The Hall–Kier alpha value is -1.09. The minimum absolute atomic E-state index is 0.613. The smallest absolute Gasteiger partial charge is 0.0606 e. The van der Waals surface area contributed by atoms with Crippen LogP contribution in [0.5, 0.6) is 0 Å². The van der Waals surface area contributed by atoms with Crippen LogP contribution in [-0.4, -0.2) is 23.6 Å². The van der Waals surface area contributed by atoms with Gasteiger partial charge in [-0.1, -0.05) is 12.8 Å². The van der Waals surface area contributed by atoms with Crippen LogP contribution in [-0.2, 0) is 0 Å². The number of pyridine rings is 1. The molecular formula is C17H27N3. The standard InChI is InChI=1S/C17H27N3/c1-12-9-10-15(13(2)19-12)20-17-7-4-3-6-14(17)16-8-5-11-18-16/h9-10,14,16-18,20H,3-8,11H2,1-2H3. The molecule has 3 rings (SSSR count). The average molecular weight is 273 g/mol. The van der Waals surface area contributed by atoms with E-state index in [1.165, 1.54) is 50.8 Å². The lowest BCUT2D eigenvalue weighted by Gasteiger charge is -2.37. The maximum Gasteiger partial charge on any atom is 0.0606 e. The van der Waals surface area contributed by atoms with Gasteiger partial charge in [0.25, 0.3) is 0 Å². The second-order valence-electron chi connectivity index (χ2n) is 6.49. The highest BCUT2D eigenvalue weighted by Crippen LogP contribution is 2.33. The van der Waals surface area contributed by atoms with Crippen LogP contribution in [0.4, 0.5) is 5.69 Å². The summed E-state index contributed by atoms with van der Waals surface area (Å²) < 4.78 is 0. The molecule has 2 fully saturated rings. The molecule has 2 N–H and O–H groups in total. The highest BCUT2D eigenvalue weighted by Gasteiger charge is 2.33. The quantitative estimate of drug-likeness (QED) is 0.886. The molecular weight excluding hydrogens is 246 g/mol. The number of anilines is 1. The molecule has 1 saturated carbocycles. The van der Waals surface area contributed by atoms with E-state index in [9.17, 15) is 0 Å². The van der Waals surface area contributed by atoms with Crippen LogP contribution in [0.15, 0.2) is 12.1 Å². The van der Waals surface area contributed by atoms with Crippen molar-refractivity contribution in [3.8, 4) is 0 Å². The van der Waals surface area contributed by atoms with E-state index in [1.807, 2.05) is 0 Å². The van der Waals surface area contributed by atoms with Crippen molar-refractivity contribution >= 4 is 5.69 Å². The van der Waals surface area contributed by atoms with Crippen LogP contribution < -0.4 is 10.6 Å². The van der Waals surface area contributed by atoms with E-state index in [-0.39, 0.29) is 0 Å². The van der Waals surface area contributed by atoms with Gasteiger partial charge >= 0.3 is 0 Å². The minimum atomic E-state index is 0.613. The molecule has 3 nitrogen and oxygen atoms in total. The fourth-order valence-electron chi connectivity index (χ4n) is 3.94. The third-order valence-electron chi connectivity index (χ3n) is 5.00. The van der Waals surface area contributed by atoms with Gasteiger partial charge in [-0.3, -0.25) is 4.98 Å². The van der Waals surface area contributed by atoms with E-state index in [2.05, 4.69) is 41.6 Å². The van der Waals surface area contributed by atoms with Gasteiger partial charge in [0, 0.05) is 17.8 Å².